The number of aromatic nitrogens is 8. The summed E-state index contributed by atoms with van der Waals surface area (Å²) in [5.41, 5.74) is 8.57. The minimum Gasteiger partial charge on any atom is -0.369 e. The highest BCUT2D eigenvalue weighted by Gasteiger charge is 2.17. The summed E-state index contributed by atoms with van der Waals surface area (Å²) >= 11 is 0. The number of hydrogen-bond donors (Lipinski definition) is 1. The second kappa shape index (κ2) is 4.35. The molecule has 0 spiro atoms. The zero-order valence-corrected chi connectivity index (χ0v) is 11.9. The van der Waals surface area contributed by atoms with E-state index in [2.05, 4.69) is 30.2 Å². The van der Waals surface area contributed by atoms with Crippen LogP contribution in [0, 0.1) is 0 Å². The van der Waals surface area contributed by atoms with Crippen LogP contribution in [0.25, 0.3) is 22.4 Å². The molecule has 0 aliphatic carbocycles. The highest BCUT2D eigenvalue weighted by atomic mass is 15.4. The first-order chi connectivity index (χ1) is 10.7. The van der Waals surface area contributed by atoms with Crippen LogP contribution in [0.1, 0.15) is 0 Å². The van der Waals surface area contributed by atoms with Gasteiger partial charge in [-0.25, -0.2) is 15.0 Å². The van der Waals surface area contributed by atoms with Gasteiger partial charge in [0.25, 0.3) is 0 Å². The lowest BCUT2D eigenvalue weighted by Gasteiger charge is -2.13. The van der Waals surface area contributed by atoms with Crippen molar-refractivity contribution in [3.63, 3.8) is 0 Å². The Morgan fingerprint density at radius 3 is 2.64 bits per heavy atom. The standard InChI is InChI=1S/C12H12N10/c1-20(2)12-15-4-7(9-16-5-18-22(9)12)8-3-14-11(13)21-6-17-19-10(8)21/h3-6H,1-2H3,(H2,13,14). The molecule has 2 N–H and O–H groups in total. The predicted molar refractivity (Wildman–Crippen MR) is 79.3 cm³/mol. The molecule has 0 atom stereocenters. The summed E-state index contributed by atoms with van der Waals surface area (Å²) in [7, 11) is 3.79. The van der Waals surface area contributed by atoms with Crippen LogP contribution in [0.2, 0.25) is 0 Å². The first-order valence-corrected chi connectivity index (χ1v) is 6.47. The molecule has 0 saturated carbocycles. The molecule has 10 nitrogen and oxygen atoms in total. The molecule has 0 radical (unpaired) electrons. The van der Waals surface area contributed by atoms with Crippen molar-refractivity contribution < 1.29 is 0 Å². The third-order valence-corrected chi connectivity index (χ3v) is 3.34. The molecule has 22 heavy (non-hydrogen) atoms. The van der Waals surface area contributed by atoms with Crippen molar-refractivity contribution in [1.29, 1.82) is 0 Å². The second-order valence-corrected chi connectivity index (χ2v) is 4.92. The van der Waals surface area contributed by atoms with E-state index < -0.39 is 0 Å². The molecule has 110 valence electrons. The van der Waals surface area contributed by atoms with Gasteiger partial charge in [-0.05, 0) is 0 Å². The maximum atomic E-state index is 5.82. The maximum Gasteiger partial charge on any atom is 0.228 e. The Kier molecular flexibility index (Phi) is 2.46. The number of anilines is 2. The van der Waals surface area contributed by atoms with Crippen molar-refractivity contribution in [1.82, 2.24) is 39.2 Å². The van der Waals surface area contributed by atoms with Crippen LogP contribution in [-0.4, -0.2) is 53.3 Å². The summed E-state index contributed by atoms with van der Waals surface area (Å²) < 4.78 is 3.28. The number of nitrogen functional groups attached to an aromatic ring is 1. The summed E-state index contributed by atoms with van der Waals surface area (Å²) in [6.45, 7) is 0. The Morgan fingerprint density at radius 2 is 1.82 bits per heavy atom. The lowest BCUT2D eigenvalue weighted by atomic mass is 10.1. The summed E-state index contributed by atoms with van der Waals surface area (Å²) in [5, 5.41) is 12.2. The van der Waals surface area contributed by atoms with Gasteiger partial charge in [-0.15, -0.1) is 10.2 Å². The van der Waals surface area contributed by atoms with Crippen LogP contribution in [0.4, 0.5) is 11.9 Å². The van der Waals surface area contributed by atoms with E-state index in [0.717, 1.165) is 11.1 Å². The van der Waals surface area contributed by atoms with E-state index >= 15 is 0 Å². The topological polar surface area (TPSA) is 115 Å². The summed E-state index contributed by atoms with van der Waals surface area (Å²) in [5.74, 6) is 0.997. The van der Waals surface area contributed by atoms with E-state index in [4.69, 9.17) is 5.73 Å². The van der Waals surface area contributed by atoms with Gasteiger partial charge in [0.1, 0.15) is 12.7 Å². The second-order valence-electron chi connectivity index (χ2n) is 4.92. The van der Waals surface area contributed by atoms with E-state index in [0.29, 0.717) is 23.2 Å². The summed E-state index contributed by atoms with van der Waals surface area (Å²) in [4.78, 5) is 14.8. The largest absolute Gasteiger partial charge is 0.369 e. The van der Waals surface area contributed by atoms with Crippen LogP contribution in [0.5, 0.6) is 0 Å². The first kappa shape index (κ1) is 12.4. The smallest absolute Gasteiger partial charge is 0.228 e. The number of rotatable bonds is 2. The van der Waals surface area contributed by atoms with Crippen LogP contribution < -0.4 is 10.6 Å². The molecule has 0 aliphatic rings. The van der Waals surface area contributed by atoms with E-state index in [-0.39, 0.29) is 0 Å². The van der Waals surface area contributed by atoms with Gasteiger partial charge in [-0.1, -0.05) is 0 Å². The van der Waals surface area contributed by atoms with Crippen molar-refractivity contribution in [3.8, 4) is 11.1 Å². The number of hydrogen-bond acceptors (Lipinski definition) is 8. The van der Waals surface area contributed by atoms with Crippen LogP contribution >= 0.6 is 0 Å². The quantitative estimate of drug-likeness (QED) is 0.544. The van der Waals surface area contributed by atoms with Gasteiger partial charge in [-0.3, -0.25) is 4.40 Å². The van der Waals surface area contributed by atoms with Crippen molar-refractivity contribution in [2.75, 3.05) is 24.7 Å². The molecular formula is C12H12N10. The minimum atomic E-state index is 0.319. The normalized spacial score (nSPS) is 11.4. The molecule has 0 aliphatic heterocycles. The number of nitrogens with zero attached hydrogens (tertiary/aromatic N) is 9. The molecule has 0 amide bonds. The fourth-order valence-electron chi connectivity index (χ4n) is 2.33. The average molecular weight is 296 g/mol. The van der Waals surface area contributed by atoms with E-state index in [1.54, 1.807) is 21.3 Å². The Morgan fingerprint density at radius 1 is 1.05 bits per heavy atom. The van der Waals surface area contributed by atoms with E-state index in [9.17, 15) is 0 Å². The van der Waals surface area contributed by atoms with Crippen LogP contribution in [-0.2, 0) is 0 Å². The molecule has 0 unspecified atom stereocenters. The van der Waals surface area contributed by atoms with Crippen molar-refractivity contribution in [2.24, 2.45) is 0 Å². The van der Waals surface area contributed by atoms with Crippen LogP contribution in [0.15, 0.2) is 25.0 Å². The van der Waals surface area contributed by atoms with Crippen LogP contribution in [0.3, 0.4) is 0 Å². The Bertz CT molecular complexity index is 982. The SMILES string of the molecule is CN(C)c1ncc(-c2cnc(N)n3cnnc23)c2ncnn12. The van der Waals surface area contributed by atoms with Gasteiger partial charge in [-0.2, -0.15) is 9.61 Å². The molecule has 10 heteroatoms. The fourth-order valence-corrected chi connectivity index (χ4v) is 2.33. The van der Waals surface area contributed by atoms with E-state index in [1.165, 1.54) is 12.7 Å². The summed E-state index contributed by atoms with van der Waals surface area (Å²) in [6, 6.07) is 0. The molecule has 4 aromatic rings. The lowest BCUT2D eigenvalue weighted by Crippen LogP contribution is -2.16. The molecule has 0 saturated heterocycles. The molecule has 0 fully saturated rings. The predicted octanol–water partition coefficient (Wildman–Crippen LogP) is -0.123. The molecule has 0 bridgehead atoms. The molecule has 4 rings (SSSR count). The van der Waals surface area contributed by atoms with Gasteiger partial charge >= 0.3 is 0 Å². The van der Waals surface area contributed by atoms with Gasteiger partial charge in [0.15, 0.2) is 11.3 Å². The van der Waals surface area contributed by atoms with Crippen molar-refractivity contribution >= 4 is 23.2 Å². The Labute approximate surface area is 124 Å². The number of fused-ring (bicyclic) bond motifs is 2. The molecule has 0 aromatic carbocycles. The molecular weight excluding hydrogens is 284 g/mol. The zero-order valence-electron chi connectivity index (χ0n) is 11.9. The third-order valence-electron chi connectivity index (χ3n) is 3.34. The average Bonchev–Trinajstić information content (AvgIpc) is 3.16. The first-order valence-electron chi connectivity index (χ1n) is 6.47. The highest BCUT2D eigenvalue weighted by molar-refractivity contribution is 5.85. The summed E-state index contributed by atoms with van der Waals surface area (Å²) in [6.07, 6.45) is 6.37. The van der Waals surface area contributed by atoms with Gasteiger partial charge in [0, 0.05) is 26.5 Å². The minimum absolute atomic E-state index is 0.319. The molecule has 4 aromatic heterocycles. The van der Waals surface area contributed by atoms with Crippen molar-refractivity contribution in [2.45, 2.75) is 0 Å². The fraction of sp³-hybridized carbons (Fsp3) is 0.167. The number of nitrogens with two attached hydrogens (primary N) is 1. The monoisotopic (exact) mass is 296 g/mol. The van der Waals surface area contributed by atoms with Gasteiger partial charge in [0.05, 0.1) is 11.1 Å². The third kappa shape index (κ3) is 1.60. The van der Waals surface area contributed by atoms with Gasteiger partial charge < -0.3 is 10.6 Å². The lowest BCUT2D eigenvalue weighted by molar-refractivity contribution is 0.872. The zero-order chi connectivity index (χ0) is 15.3. The highest BCUT2D eigenvalue weighted by Crippen LogP contribution is 2.27. The maximum absolute atomic E-state index is 5.82. The molecule has 4 heterocycles. The van der Waals surface area contributed by atoms with Gasteiger partial charge in [0.2, 0.25) is 11.9 Å². The van der Waals surface area contributed by atoms with E-state index in [1.807, 2.05) is 19.0 Å². The Balaban J connectivity index is 2.06. The van der Waals surface area contributed by atoms with Crippen molar-refractivity contribution in [3.05, 3.63) is 25.0 Å². The Hall–Kier alpha value is -3.30.